The van der Waals surface area contributed by atoms with Crippen molar-refractivity contribution in [2.24, 2.45) is 12.8 Å². The minimum absolute atomic E-state index is 0.0335. The van der Waals surface area contributed by atoms with Crippen LogP contribution in [-0.4, -0.2) is 34.0 Å². The molecule has 0 radical (unpaired) electrons. The Morgan fingerprint density at radius 3 is 2.89 bits per heavy atom. The third-order valence-corrected chi connectivity index (χ3v) is 3.77. The van der Waals surface area contributed by atoms with Crippen LogP contribution in [0.2, 0.25) is 0 Å². The van der Waals surface area contributed by atoms with E-state index in [0.29, 0.717) is 6.54 Å². The normalized spacial score (nSPS) is 21.2. The zero-order valence-electron chi connectivity index (χ0n) is 11.5. The number of hydrogen-bond donors (Lipinski definition) is 1. The second-order valence-electron chi connectivity index (χ2n) is 5.26. The number of piperidine rings is 1. The summed E-state index contributed by atoms with van der Waals surface area (Å²) < 4.78 is 1.43. The molecule has 1 aliphatic heterocycles. The molecule has 1 aliphatic rings. The summed E-state index contributed by atoms with van der Waals surface area (Å²) in [5.74, 6) is -0.191. The first-order valence-corrected chi connectivity index (χ1v) is 6.74. The average molecular weight is 263 g/mol. The fourth-order valence-corrected chi connectivity index (χ4v) is 2.67. The van der Waals surface area contributed by atoms with Crippen molar-refractivity contribution in [2.45, 2.75) is 38.3 Å². The third kappa shape index (κ3) is 2.71. The van der Waals surface area contributed by atoms with E-state index in [-0.39, 0.29) is 29.1 Å². The molecule has 2 heterocycles. The summed E-state index contributed by atoms with van der Waals surface area (Å²) in [5, 5.41) is 0. The van der Waals surface area contributed by atoms with Gasteiger partial charge in [0.2, 0.25) is 0 Å². The summed E-state index contributed by atoms with van der Waals surface area (Å²) in [7, 11) is 1.65. The summed E-state index contributed by atoms with van der Waals surface area (Å²) in [6, 6.07) is 3.28. The molecule has 5 nitrogen and oxygen atoms in total. The minimum Gasteiger partial charge on any atom is -0.334 e. The number of likely N-dealkylation sites (tertiary alicyclic amines) is 1. The Labute approximate surface area is 113 Å². The van der Waals surface area contributed by atoms with Gasteiger partial charge in [0.25, 0.3) is 11.5 Å². The number of nitrogens with zero attached hydrogens (tertiary/aromatic N) is 2. The van der Waals surface area contributed by atoms with Crippen molar-refractivity contribution in [1.29, 1.82) is 0 Å². The second kappa shape index (κ2) is 5.57. The first-order chi connectivity index (χ1) is 9.02. The monoisotopic (exact) mass is 263 g/mol. The molecule has 0 spiro atoms. The van der Waals surface area contributed by atoms with Crippen molar-refractivity contribution in [3.05, 3.63) is 34.2 Å². The lowest BCUT2D eigenvalue weighted by atomic mass is 9.96. The number of amides is 1. The molecule has 0 unspecified atom stereocenters. The van der Waals surface area contributed by atoms with Gasteiger partial charge in [-0.25, -0.2) is 0 Å². The van der Waals surface area contributed by atoms with E-state index < -0.39 is 0 Å². The Balaban J connectivity index is 2.32. The summed E-state index contributed by atoms with van der Waals surface area (Å²) in [6.07, 6.45) is 4.62. The molecule has 104 valence electrons. The molecular formula is C14H21N3O2. The summed E-state index contributed by atoms with van der Waals surface area (Å²) in [6.45, 7) is 2.60. The molecule has 2 N–H and O–H groups in total. The summed E-state index contributed by atoms with van der Waals surface area (Å²) >= 11 is 0. The van der Waals surface area contributed by atoms with E-state index in [9.17, 15) is 9.59 Å². The number of aromatic nitrogens is 1. The largest absolute Gasteiger partial charge is 0.334 e. The number of nitrogens with two attached hydrogens (primary N) is 1. The summed E-state index contributed by atoms with van der Waals surface area (Å²) in [4.78, 5) is 26.3. The van der Waals surface area contributed by atoms with Gasteiger partial charge in [0.05, 0.1) is 0 Å². The minimum atomic E-state index is -0.249. The zero-order valence-corrected chi connectivity index (χ0v) is 11.5. The molecule has 0 bridgehead atoms. The number of pyridine rings is 1. The van der Waals surface area contributed by atoms with Gasteiger partial charge in [-0.2, -0.15) is 0 Å². The Kier molecular flexibility index (Phi) is 4.04. The van der Waals surface area contributed by atoms with Crippen LogP contribution in [-0.2, 0) is 7.05 Å². The van der Waals surface area contributed by atoms with Gasteiger partial charge in [0.1, 0.15) is 5.56 Å². The van der Waals surface area contributed by atoms with Gasteiger partial charge >= 0.3 is 0 Å². The average Bonchev–Trinajstić information content (AvgIpc) is 2.41. The maximum Gasteiger partial charge on any atom is 0.263 e. The lowest BCUT2D eigenvalue weighted by Gasteiger charge is -2.38. The molecule has 5 heteroatoms. The van der Waals surface area contributed by atoms with Crippen LogP contribution < -0.4 is 11.3 Å². The maximum atomic E-state index is 12.5. The van der Waals surface area contributed by atoms with Crippen LogP contribution in [0.5, 0.6) is 0 Å². The molecule has 0 aromatic carbocycles. The first kappa shape index (κ1) is 13.8. The highest BCUT2D eigenvalue weighted by Crippen LogP contribution is 2.20. The molecule has 1 fully saturated rings. The van der Waals surface area contributed by atoms with Crippen LogP contribution in [0.4, 0.5) is 0 Å². The van der Waals surface area contributed by atoms with Crippen molar-refractivity contribution in [2.75, 3.05) is 6.54 Å². The molecule has 0 aliphatic carbocycles. The van der Waals surface area contributed by atoms with Crippen LogP contribution in [0.1, 0.15) is 36.5 Å². The quantitative estimate of drug-likeness (QED) is 0.855. The van der Waals surface area contributed by atoms with Crippen LogP contribution in [0.15, 0.2) is 23.1 Å². The second-order valence-corrected chi connectivity index (χ2v) is 5.26. The van der Waals surface area contributed by atoms with Gasteiger partial charge in [-0.1, -0.05) is 0 Å². The Morgan fingerprint density at radius 1 is 1.47 bits per heavy atom. The predicted molar refractivity (Wildman–Crippen MR) is 74.0 cm³/mol. The highest BCUT2D eigenvalue weighted by atomic mass is 16.2. The van der Waals surface area contributed by atoms with E-state index in [1.807, 2.05) is 6.92 Å². The van der Waals surface area contributed by atoms with Crippen molar-refractivity contribution >= 4 is 5.91 Å². The molecular weight excluding hydrogens is 242 g/mol. The van der Waals surface area contributed by atoms with Crippen LogP contribution >= 0.6 is 0 Å². The van der Waals surface area contributed by atoms with Crippen LogP contribution in [0.25, 0.3) is 0 Å². The van der Waals surface area contributed by atoms with Crippen molar-refractivity contribution in [3.8, 4) is 0 Å². The number of hydrogen-bond acceptors (Lipinski definition) is 3. The van der Waals surface area contributed by atoms with Gasteiger partial charge in [-0.3, -0.25) is 9.59 Å². The van der Waals surface area contributed by atoms with Crippen molar-refractivity contribution < 1.29 is 4.79 Å². The third-order valence-electron chi connectivity index (χ3n) is 3.77. The molecule has 19 heavy (non-hydrogen) atoms. The highest BCUT2D eigenvalue weighted by molar-refractivity contribution is 5.94. The van der Waals surface area contributed by atoms with Gasteiger partial charge < -0.3 is 15.2 Å². The topological polar surface area (TPSA) is 68.3 Å². The number of carbonyl (C=O) groups excluding carboxylic acids is 1. The lowest BCUT2D eigenvalue weighted by molar-refractivity contribution is 0.0581. The van der Waals surface area contributed by atoms with Gasteiger partial charge in [0, 0.05) is 31.9 Å². The Bertz CT molecular complexity index is 522. The molecule has 1 aromatic heterocycles. The Hall–Kier alpha value is -1.62. The molecule has 1 aromatic rings. The van der Waals surface area contributed by atoms with Crippen molar-refractivity contribution in [3.63, 3.8) is 0 Å². The standard InChI is InChI=1S/C14H21N3O2/c1-10(15)12-7-3-4-9-17(12)14(19)11-6-5-8-16(2)13(11)18/h5-6,8,10,12H,3-4,7,9,15H2,1-2H3/t10-,12-/m1/s1. The molecule has 1 saturated heterocycles. The number of carbonyl (C=O) groups is 1. The van der Waals surface area contributed by atoms with E-state index in [1.54, 1.807) is 30.3 Å². The van der Waals surface area contributed by atoms with Gasteiger partial charge in [0.15, 0.2) is 0 Å². The van der Waals surface area contributed by atoms with Crippen LogP contribution in [0.3, 0.4) is 0 Å². The summed E-state index contributed by atoms with van der Waals surface area (Å²) in [5.41, 5.74) is 5.95. The van der Waals surface area contributed by atoms with E-state index in [0.717, 1.165) is 19.3 Å². The molecule has 1 amide bonds. The molecule has 0 saturated carbocycles. The van der Waals surface area contributed by atoms with E-state index >= 15 is 0 Å². The Morgan fingerprint density at radius 2 is 2.21 bits per heavy atom. The van der Waals surface area contributed by atoms with E-state index in [2.05, 4.69) is 0 Å². The number of rotatable bonds is 2. The SMILES string of the molecule is C[C@@H](N)[C@H]1CCCCN1C(=O)c1cccn(C)c1=O. The van der Waals surface area contributed by atoms with Crippen LogP contribution in [0, 0.1) is 0 Å². The van der Waals surface area contributed by atoms with Gasteiger partial charge in [-0.05, 0) is 38.3 Å². The first-order valence-electron chi connectivity index (χ1n) is 6.74. The lowest BCUT2D eigenvalue weighted by Crippen LogP contribution is -2.52. The molecule has 2 rings (SSSR count). The zero-order chi connectivity index (χ0) is 14.0. The fourth-order valence-electron chi connectivity index (χ4n) is 2.67. The van der Waals surface area contributed by atoms with E-state index in [1.165, 1.54) is 4.57 Å². The maximum absolute atomic E-state index is 12.5. The predicted octanol–water partition coefficient (Wildman–Crippen LogP) is 0.727. The smallest absolute Gasteiger partial charge is 0.263 e. The number of aryl methyl sites for hydroxylation is 1. The fraction of sp³-hybridized carbons (Fsp3) is 0.571. The van der Waals surface area contributed by atoms with Gasteiger partial charge in [-0.15, -0.1) is 0 Å². The highest BCUT2D eigenvalue weighted by Gasteiger charge is 2.30. The van der Waals surface area contributed by atoms with E-state index in [4.69, 9.17) is 5.73 Å². The van der Waals surface area contributed by atoms with Crippen molar-refractivity contribution in [1.82, 2.24) is 9.47 Å². The molecule has 2 atom stereocenters.